The second-order valence-corrected chi connectivity index (χ2v) is 25.1. The summed E-state index contributed by atoms with van der Waals surface area (Å²) >= 11 is 0. The van der Waals surface area contributed by atoms with Crippen molar-refractivity contribution in [3.05, 3.63) is 284 Å². The van der Waals surface area contributed by atoms with Gasteiger partial charge in [-0.2, -0.15) is 0 Å². The van der Waals surface area contributed by atoms with Gasteiger partial charge >= 0.3 is 0 Å². The molecule has 0 radical (unpaired) electrons. The van der Waals surface area contributed by atoms with Crippen molar-refractivity contribution in [3.63, 3.8) is 0 Å². The molecule has 2 aliphatic rings. The highest BCUT2D eigenvalue weighted by Gasteiger charge is 2.51. The summed E-state index contributed by atoms with van der Waals surface area (Å²) < 4.78 is 6.91. The molecule has 0 amide bonds. The first-order valence-corrected chi connectivity index (χ1v) is 28.9. The lowest BCUT2D eigenvalue weighted by Gasteiger charge is -2.45. The standard InChI is InChI=1S/C77H56N4O2/c1-75(2,3)45-31-39-66-56(41-45)73(82)58-43-49(44-59-70(58)81(66)67-40-32-46(76(4,5)6)42-57(67)74(59)83)80-65-28-16-10-22-53(65)55-38-37-54-52-21-9-15-27-64(52)79(71(54)72(55)80)48-35-33-47(34-36-48)78-68-29-17-13-25-62(68)77(63-26-14-18-30-69(63)78)60-23-11-7-19-50(60)51-20-8-12-24-61(51)77/h7-44H,1-6H3. The fourth-order valence-electron chi connectivity index (χ4n) is 14.9. The highest BCUT2D eigenvalue weighted by Crippen LogP contribution is 2.63. The Kier molecular flexibility index (Phi) is 9.52. The summed E-state index contributed by atoms with van der Waals surface area (Å²) in [6.45, 7) is 13.1. The molecule has 83 heavy (non-hydrogen) atoms. The summed E-state index contributed by atoms with van der Waals surface area (Å²) in [5.41, 5.74) is 20.2. The Bertz CT molecular complexity index is 5250. The molecule has 0 atom stereocenters. The van der Waals surface area contributed by atoms with Crippen LogP contribution in [0.5, 0.6) is 0 Å². The highest BCUT2D eigenvalue weighted by molar-refractivity contribution is 6.24. The Labute approximate surface area is 479 Å². The molecule has 4 aromatic heterocycles. The highest BCUT2D eigenvalue weighted by atomic mass is 16.1. The quantitative estimate of drug-likeness (QED) is 0.131. The summed E-state index contributed by atoms with van der Waals surface area (Å²) in [6.07, 6.45) is 0. The minimum absolute atomic E-state index is 0.0878. The van der Waals surface area contributed by atoms with Gasteiger partial charge in [0.05, 0.1) is 55.4 Å². The number of para-hydroxylation sites is 4. The monoisotopic (exact) mass is 1070 g/mol. The molecule has 6 heteroatoms. The SMILES string of the molecule is CC(C)(C)c1ccc2c(c1)c(=O)c1cc(-n3c4ccccc4c4ccc5c6ccccc6n(-c6ccc(N7c8ccccc8C8(c9ccccc9-c9ccccc98)c8ccccc87)cc6)c5c43)cc3c(=O)c4cc(C(C)(C)C)ccc4n2c13. The van der Waals surface area contributed by atoms with Gasteiger partial charge in [0.25, 0.3) is 0 Å². The Morgan fingerprint density at radius 2 is 0.723 bits per heavy atom. The molecular formula is C77H56N4O2. The summed E-state index contributed by atoms with van der Waals surface area (Å²) in [4.78, 5) is 33.5. The summed E-state index contributed by atoms with van der Waals surface area (Å²) in [5.74, 6) is 0. The molecule has 0 saturated carbocycles. The maximum absolute atomic E-state index is 15.5. The lowest BCUT2D eigenvalue weighted by atomic mass is 9.64. The molecule has 0 unspecified atom stereocenters. The van der Waals surface area contributed by atoms with Gasteiger partial charge < -0.3 is 18.4 Å². The van der Waals surface area contributed by atoms with Crippen LogP contribution in [0.25, 0.3) is 104 Å². The molecule has 0 bridgehead atoms. The average Bonchev–Trinajstić information content (AvgIpc) is 1.78. The lowest BCUT2D eigenvalue weighted by Crippen LogP contribution is -2.36. The van der Waals surface area contributed by atoms with E-state index in [1.54, 1.807) is 0 Å². The van der Waals surface area contributed by atoms with Gasteiger partial charge in [-0.1, -0.05) is 187 Å². The minimum atomic E-state index is -0.500. The zero-order valence-corrected chi connectivity index (χ0v) is 47.0. The summed E-state index contributed by atoms with van der Waals surface area (Å²) in [7, 11) is 0. The number of pyridine rings is 2. The average molecular weight is 1070 g/mol. The van der Waals surface area contributed by atoms with E-state index < -0.39 is 5.41 Å². The number of benzene rings is 11. The molecule has 6 nitrogen and oxygen atoms in total. The van der Waals surface area contributed by atoms with Gasteiger partial charge in [-0.15, -0.1) is 0 Å². The van der Waals surface area contributed by atoms with Crippen LogP contribution in [0.1, 0.15) is 74.9 Å². The van der Waals surface area contributed by atoms with E-state index in [1.807, 2.05) is 0 Å². The second kappa shape index (κ2) is 16.6. The number of anilines is 3. The van der Waals surface area contributed by atoms with Crippen LogP contribution in [-0.2, 0) is 16.2 Å². The van der Waals surface area contributed by atoms with Crippen molar-refractivity contribution >= 4 is 98.8 Å². The molecule has 0 saturated heterocycles. The molecule has 396 valence electrons. The number of rotatable bonds is 3. The Morgan fingerprint density at radius 1 is 0.313 bits per heavy atom. The predicted octanol–water partition coefficient (Wildman–Crippen LogP) is 18.5. The normalized spacial score (nSPS) is 13.8. The maximum atomic E-state index is 15.5. The molecule has 1 aliphatic heterocycles. The van der Waals surface area contributed by atoms with E-state index in [0.29, 0.717) is 27.1 Å². The molecule has 1 spiro atoms. The topological polar surface area (TPSA) is 51.7 Å². The van der Waals surface area contributed by atoms with Crippen LogP contribution in [0.15, 0.2) is 240 Å². The van der Waals surface area contributed by atoms with Crippen LogP contribution < -0.4 is 15.8 Å². The van der Waals surface area contributed by atoms with Gasteiger partial charge in [0.2, 0.25) is 0 Å². The number of aromatic nitrogens is 3. The van der Waals surface area contributed by atoms with Gasteiger partial charge in [-0.05, 0) is 140 Å². The zero-order valence-electron chi connectivity index (χ0n) is 47.0. The lowest BCUT2D eigenvalue weighted by molar-refractivity contribution is 0.591. The van der Waals surface area contributed by atoms with Crippen molar-refractivity contribution in [2.75, 3.05) is 4.90 Å². The maximum Gasteiger partial charge on any atom is 0.197 e. The van der Waals surface area contributed by atoms with E-state index in [1.165, 1.54) is 33.4 Å². The number of hydrogen-bond donors (Lipinski definition) is 0. The summed E-state index contributed by atoms with van der Waals surface area (Å²) in [6, 6.07) is 83.4. The first kappa shape index (κ1) is 47.7. The second-order valence-electron chi connectivity index (χ2n) is 25.1. The van der Waals surface area contributed by atoms with Crippen LogP contribution in [0, 0.1) is 0 Å². The summed E-state index contributed by atoms with van der Waals surface area (Å²) in [5, 5.41) is 6.67. The van der Waals surface area contributed by atoms with Crippen molar-refractivity contribution in [3.8, 4) is 22.5 Å². The van der Waals surface area contributed by atoms with E-state index in [4.69, 9.17) is 0 Å². The van der Waals surface area contributed by atoms with Crippen LogP contribution in [0.4, 0.5) is 17.1 Å². The first-order chi connectivity index (χ1) is 40.3. The van der Waals surface area contributed by atoms with Crippen LogP contribution in [0.3, 0.4) is 0 Å². The van der Waals surface area contributed by atoms with Crippen molar-refractivity contribution in [2.45, 2.75) is 57.8 Å². The Hall–Kier alpha value is -10.0. The van der Waals surface area contributed by atoms with Crippen molar-refractivity contribution in [1.82, 2.24) is 13.5 Å². The van der Waals surface area contributed by atoms with Crippen molar-refractivity contribution in [1.29, 1.82) is 0 Å². The van der Waals surface area contributed by atoms with Gasteiger partial charge in [0.15, 0.2) is 10.9 Å². The van der Waals surface area contributed by atoms with Crippen molar-refractivity contribution < 1.29 is 0 Å². The molecule has 11 aromatic carbocycles. The molecule has 17 rings (SSSR count). The first-order valence-electron chi connectivity index (χ1n) is 28.9. The van der Waals surface area contributed by atoms with Gasteiger partial charge in [0, 0.05) is 60.2 Å². The molecule has 0 fully saturated rings. The van der Waals surface area contributed by atoms with E-state index >= 15 is 9.59 Å². The number of hydrogen-bond acceptors (Lipinski definition) is 3. The van der Waals surface area contributed by atoms with Gasteiger partial charge in [-0.3, -0.25) is 9.59 Å². The smallest absolute Gasteiger partial charge is 0.197 e. The number of nitrogens with zero attached hydrogens (tertiary/aromatic N) is 4. The largest absolute Gasteiger partial charge is 0.310 e. The fraction of sp³-hybridized carbons (Fsp3) is 0.117. The molecule has 0 N–H and O–H groups in total. The van der Waals surface area contributed by atoms with Crippen molar-refractivity contribution in [2.24, 2.45) is 0 Å². The van der Waals surface area contributed by atoms with Gasteiger partial charge in [0.1, 0.15) is 0 Å². The third-order valence-corrected chi connectivity index (χ3v) is 18.6. The van der Waals surface area contributed by atoms with E-state index in [-0.39, 0.29) is 21.7 Å². The Balaban J connectivity index is 0.922. The van der Waals surface area contributed by atoms with Crippen LogP contribution in [0.2, 0.25) is 0 Å². The minimum Gasteiger partial charge on any atom is -0.310 e. The Morgan fingerprint density at radius 3 is 1.20 bits per heavy atom. The van der Waals surface area contributed by atoms with Gasteiger partial charge in [-0.25, -0.2) is 0 Å². The van der Waals surface area contributed by atoms with Crippen LogP contribution >= 0.6 is 0 Å². The van der Waals surface area contributed by atoms with Crippen LogP contribution in [-0.4, -0.2) is 13.5 Å². The zero-order chi connectivity index (χ0) is 56.0. The third-order valence-electron chi connectivity index (χ3n) is 18.6. The molecule has 1 aliphatic carbocycles. The van der Waals surface area contributed by atoms with E-state index in [2.05, 4.69) is 290 Å². The molecular weight excluding hydrogens is 1010 g/mol. The fourth-order valence-corrected chi connectivity index (χ4v) is 14.9. The van der Waals surface area contributed by atoms with E-state index in [9.17, 15) is 0 Å². The third kappa shape index (κ3) is 6.27. The predicted molar refractivity (Wildman–Crippen MR) is 345 cm³/mol. The molecule has 5 heterocycles. The number of fused-ring (bicyclic) bond motifs is 20. The van der Waals surface area contributed by atoms with E-state index in [0.717, 1.165) is 94.2 Å². The molecule has 15 aromatic rings.